The highest BCUT2D eigenvalue weighted by Gasteiger charge is 2.30. The number of halogens is 2. The molecule has 1 atom stereocenters. The van der Waals surface area contributed by atoms with Crippen LogP contribution in [0, 0.1) is 6.92 Å². The fourth-order valence-corrected chi connectivity index (χ4v) is 3.42. The molecular weight excluding hydrogens is 359 g/mol. The maximum absolute atomic E-state index is 13.0. The SMILES string of the molecule is Cc1ccc(NC(=O)C(c2ccc(Cl)cc2Cl)N2CCOCC2)cc1. The molecule has 0 aliphatic carbocycles. The number of nitrogens with one attached hydrogen (secondary N) is 1. The first-order chi connectivity index (χ1) is 12.0. The standard InChI is InChI=1S/C19H20Cl2N2O2/c1-13-2-5-15(6-3-13)22-19(24)18(23-8-10-25-11-9-23)16-7-4-14(20)12-17(16)21/h2-7,12,18H,8-11H2,1H3,(H,22,24). The van der Waals surface area contributed by atoms with Gasteiger partial charge in [-0.25, -0.2) is 0 Å². The van der Waals surface area contributed by atoms with Crippen LogP contribution in [-0.2, 0) is 9.53 Å². The average Bonchev–Trinajstić information content (AvgIpc) is 2.60. The van der Waals surface area contributed by atoms with E-state index >= 15 is 0 Å². The maximum Gasteiger partial charge on any atom is 0.246 e. The van der Waals surface area contributed by atoms with E-state index in [9.17, 15) is 4.79 Å². The predicted molar refractivity (Wildman–Crippen MR) is 101 cm³/mol. The van der Waals surface area contributed by atoms with Crippen LogP contribution in [0.4, 0.5) is 5.69 Å². The van der Waals surface area contributed by atoms with E-state index in [1.807, 2.05) is 37.3 Å². The smallest absolute Gasteiger partial charge is 0.246 e. The van der Waals surface area contributed by atoms with E-state index in [1.165, 1.54) is 0 Å². The molecule has 3 rings (SSSR count). The molecule has 1 unspecified atom stereocenters. The van der Waals surface area contributed by atoms with E-state index in [-0.39, 0.29) is 5.91 Å². The van der Waals surface area contributed by atoms with Crippen LogP contribution in [0.2, 0.25) is 10.0 Å². The third-order valence-corrected chi connectivity index (χ3v) is 4.80. The number of carbonyl (C=O) groups excluding carboxylic acids is 1. The second-order valence-electron chi connectivity index (χ2n) is 6.07. The van der Waals surface area contributed by atoms with Gasteiger partial charge in [0.25, 0.3) is 0 Å². The molecule has 1 heterocycles. The fourth-order valence-electron chi connectivity index (χ4n) is 2.91. The molecule has 1 N–H and O–H groups in total. The second-order valence-corrected chi connectivity index (χ2v) is 6.92. The van der Waals surface area contributed by atoms with Gasteiger partial charge in [0.2, 0.25) is 5.91 Å². The first-order valence-electron chi connectivity index (χ1n) is 8.19. The van der Waals surface area contributed by atoms with E-state index < -0.39 is 6.04 Å². The van der Waals surface area contributed by atoms with E-state index in [4.69, 9.17) is 27.9 Å². The summed E-state index contributed by atoms with van der Waals surface area (Å²) in [6.45, 7) is 4.55. The molecule has 132 valence electrons. The molecule has 1 aliphatic rings. The van der Waals surface area contributed by atoms with Gasteiger partial charge in [-0.2, -0.15) is 0 Å². The quantitative estimate of drug-likeness (QED) is 0.861. The first kappa shape index (κ1) is 18.2. The van der Waals surface area contributed by atoms with E-state index in [0.717, 1.165) is 16.8 Å². The third-order valence-electron chi connectivity index (χ3n) is 4.24. The van der Waals surface area contributed by atoms with Crippen molar-refractivity contribution in [2.45, 2.75) is 13.0 Å². The zero-order chi connectivity index (χ0) is 17.8. The third kappa shape index (κ3) is 4.53. The fraction of sp³-hybridized carbons (Fsp3) is 0.316. The minimum atomic E-state index is -0.491. The van der Waals surface area contributed by atoms with Crippen LogP contribution in [0.25, 0.3) is 0 Å². The summed E-state index contributed by atoms with van der Waals surface area (Å²) in [5, 5.41) is 4.03. The van der Waals surface area contributed by atoms with Crippen molar-refractivity contribution in [1.29, 1.82) is 0 Å². The largest absolute Gasteiger partial charge is 0.379 e. The van der Waals surface area contributed by atoms with Crippen molar-refractivity contribution in [2.75, 3.05) is 31.6 Å². The first-order valence-corrected chi connectivity index (χ1v) is 8.94. The minimum absolute atomic E-state index is 0.116. The molecular formula is C19H20Cl2N2O2. The molecule has 0 radical (unpaired) electrons. The number of anilines is 1. The Bertz CT molecular complexity index is 744. The Labute approximate surface area is 157 Å². The molecule has 1 aliphatic heterocycles. The monoisotopic (exact) mass is 378 g/mol. The minimum Gasteiger partial charge on any atom is -0.379 e. The Hall–Kier alpha value is -1.59. The normalized spacial score (nSPS) is 16.4. The van der Waals surface area contributed by atoms with E-state index in [2.05, 4.69) is 10.2 Å². The van der Waals surface area contributed by atoms with Crippen LogP contribution in [-0.4, -0.2) is 37.1 Å². The number of hydrogen-bond acceptors (Lipinski definition) is 3. The van der Waals surface area contributed by atoms with Crippen molar-refractivity contribution in [3.63, 3.8) is 0 Å². The summed E-state index contributed by atoms with van der Waals surface area (Å²) in [5.74, 6) is -0.116. The van der Waals surface area contributed by atoms with Gasteiger partial charge in [-0.15, -0.1) is 0 Å². The zero-order valence-electron chi connectivity index (χ0n) is 14.0. The van der Waals surface area contributed by atoms with Gasteiger partial charge in [0, 0.05) is 28.8 Å². The van der Waals surface area contributed by atoms with Gasteiger partial charge in [-0.05, 0) is 36.8 Å². The van der Waals surface area contributed by atoms with Crippen molar-refractivity contribution in [2.24, 2.45) is 0 Å². The molecule has 1 fully saturated rings. The topological polar surface area (TPSA) is 41.6 Å². The number of hydrogen-bond donors (Lipinski definition) is 1. The van der Waals surface area contributed by atoms with Crippen molar-refractivity contribution >= 4 is 34.8 Å². The lowest BCUT2D eigenvalue weighted by atomic mass is 10.0. The molecule has 0 spiro atoms. The second kappa shape index (κ2) is 8.19. The number of nitrogens with zero attached hydrogens (tertiary/aromatic N) is 1. The van der Waals surface area contributed by atoms with Gasteiger partial charge >= 0.3 is 0 Å². The van der Waals surface area contributed by atoms with Gasteiger partial charge in [0.15, 0.2) is 0 Å². The highest BCUT2D eigenvalue weighted by molar-refractivity contribution is 6.35. The van der Waals surface area contributed by atoms with Crippen LogP contribution in [0.5, 0.6) is 0 Å². The molecule has 0 aromatic heterocycles. The Morgan fingerprint density at radius 2 is 1.80 bits per heavy atom. The Morgan fingerprint density at radius 1 is 1.12 bits per heavy atom. The number of aryl methyl sites for hydroxylation is 1. The predicted octanol–water partition coefficient (Wildman–Crippen LogP) is 4.31. The molecule has 1 amide bonds. The molecule has 0 bridgehead atoms. The molecule has 25 heavy (non-hydrogen) atoms. The average molecular weight is 379 g/mol. The molecule has 0 saturated carbocycles. The summed E-state index contributed by atoms with van der Waals surface area (Å²) in [4.78, 5) is 15.1. The van der Waals surface area contributed by atoms with E-state index in [1.54, 1.807) is 12.1 Å². The summed E-state index contributed by atoms with van der Waals surface area (Å²) in [7, 11) is 0. The molecule has 2 aromatic rings. The van der Waals surface area contributed by atoms with Crippen molar-refractivity contribution in [1.82, 2.24) is 4.90 Å². The van der Waals surface area contributed by atoms with Crippen molar-refractivity contribution in [3.05, 3.63) is 63.6 Å². The molecule has 4 nitrogen and oxygen atoms in total. The number of morpholine rings is 1. The van der Waals surface area contributed by atoms with Crippen LogP contribution in [0.3, 0.4) is 0 Å². The number of ether oxygens (including phenoxy) is 1. The molecule has 1 saturated heterocycles. The molecule has 6 heteroatoms. The summed E-state index contributed by atoms with van der Waals surface area (Å²) < 4.78 is 5.42. The lowest BCUT2D eigenvalue weighted by Crippen LogP contribution is -2.44. The summed E-state index contributed by atoms with van der Waals surface area (Å²) in [5.41, 5.74) is 2.65. The summed E-state index contributed by atoms with van der Waals surface area (Å²) in [6.07, 6.45) is 0. The Kier molecular flexibility index (Phi) is 5.97. The van der Waals surface area contributed by atoms with Gasteiger partial charge in [-0.1, -0.05) is 47.0 Å². The number of carbonyl (C=O) groups is 1. The number of amides is 1. The van der Waals surface area contributed by atoms with Gasteiger partial charge in [-0.3, -0.25) is 9.69 Å². The Balaban J connectivity index is 1.89. The number of benzene rings is 2. The highest BCUT2D eigenvalue weighted by Crippen LogP contribution is 2.31. The van der Waals surface area contributed by atoms with Crippen molar-refractivity contribution in [3.8, 4) is 0 Å². The highest BCUT2D eigenvalue weighted by atomic mass is 35.5. The summed E-state index contributed by atoms with van der Waals surface area (Å²) in [6, 6.07) is 12.5. The van der Waals surface area contributed by atoms with Crippen LogP contribution in [0.15, 0.2) is 42.5 Å². The Morgan fingerprint density at radius 3 is 2.44 bits per heavy atom. The maximum atomic E-state index is 13.0. The van der Waals surface area contributed by atoms with Gasteiger partial charge in [0.05, 0.1) is 13.2 Å². The lowest BCUT2D eigenvalue weighted by Gasteiger charge is -2.34. The van der Waals surface area contributed by atoms with Crippen LogP contribution < -0.4 is 5.32 Å². The van der Waals surface area contributed by atoms with Crippen LogP contribution in [0.1, 0.15) is 17.2 Å². The molecule has 2 aromatic carbocycles. The van der Waals surface area contributed by atoms with Gasteiger partial charge < -0.3 is 10.1 Å². The zero-order valence-corrected chi connectivity index (χ0v) is 15.5. The lowest BCUT2D eigenvalue weighted by molar-refractivity contribution is -0.123. The van der Waals surface area contributed by atoms with E-state index in [0.29, 0.717) is 36.3 Å². The van der Waals surface area contributed by atoms with Crippen LogP contribution >= 0.6 is 23.2 Å². The van der Waals surface area contributed by atoms with Crippen molar-refractivity contribution < 1.29 is 9.53 Å². The number of rotatable bonds is 4. The van der Waals surface area contributed by atoms with Gasteiger partial charge in [0.1, 0.15) is 6.04 Å². The summed E-state index contributed by atoms with van der Waals surface area (Å²) >= 11 is 12.4.